The third-order valence-electron chi connectivity index (χ3n) is 5.31. The van der Waals surface area contributed by atoms with Gasteiger partial charge in [0, 0.05) is 31.6 Å². The lowest BCUT2D eigenvalue weighted by atomic mass is 10.2. The number of rotatable bonds is 6. The molecule has 30 heavy (non-hydrogen) atoms. The van der Waals surface area contributed by atoms with Gasteiger partial charge in [-0.15, -0.1) is 0 Å². The van der Waals surface area contributed by atoms with E-state index < -0.39 is 10.0 Å². The van der Waals surface area contributed by atoms with Crippen LogP contribution < -0.4 is 19.3 Å². The van der Waals surface area contributed by atoms with E-state index in [2.05, 4.69) is 4.72 Å². The van der Waals surface area contributed by atoms with Crippen molar-refractivity contribution in [3.63, 3.8) is 0 Å². The molecule has 2 aliphatic rings. The van der Waals surface area contributed by atoms with Gasteiger partial charge in [-0.1, -0.05) is 6.07 Å². The van der Waals surface area contributed by atoms with Crippen LogP contribution in [0.1, 0.15) is 25.7 Å². The number of anilines is 3. The summed E-state index contributed by atoms with van der Waals surface area (Å²) in [6.07, 6.45) is 2.44. The maximum absolute atomic E-state index is 13.0. The average Bonchev–Trinajstić information content (AvgIpc) is 3.35. The molecule has 2 fully saturated rings. The molecule has 2 amide bonds. The van der Waals surface area contributed by atoms with Gasteiger partial charge in [-0.25, -0.2) is 8.42 Å². The van der Waals surface area contributed by atoms with Gasteiger partial charge in [-0.2, -0.15) is 0 Å². The van der Waals surface area contributed by atoms with Gasteiger partial charge in [-0.3, -0.25) is 14.3 Å². The van der Waals surface area contributed by atoms with Crippen molar-refractivity contribution in [3.05, 3.63) is 42.5 Å². The second kappa shape index (κ2) is 7.98. The molecule has 0 radical (unpaired) electrons. The minimum absolute atomic E-state index is 0.0284. The molecule has 9 heteroatoms. The Hall–Kier alpha value is -3.07. The van der Waals surface area contributed by atoms with Crippen LogP contribution in [0.4, 0.5) is 17.1 Å². The van der Waals surface area contributed by atoms with Crippen molar-refractivity contribution in [2.75, 3.05) is 34.7 Å². The third kappa shape index (κ3) is 3.85. The molecule has 0 aliphatic carbocycles. The molecule has 8 nitrogen and oxygen atoms in total. The lowest BCUT2D eigenvalue weighted by Gasteiger charge is -2.20. The Balaban J connectivity index is 1.63. The quantitative estimate of drug-likeness (QED) is 0.762. The molecule has 0 unspecified atom stereocenters. The lowest BCUT2D eigenvalue weighted by molar-refractivity contribution is -0.117. The molecule has 158 valence electrons. The summed E-state index contributed by atoms with van der Waals surface area (Å²) in [7, 11) is -2.43. The normalized spacial score (nSPS) is 17.0. The summed E-state index contributed by atoms with van der Waals surface area (Å²) >= 11 is 0. The number of methoxy groups -OCH3 is 1. The van der Waals surface area contributed by atoms with E-state index >= 15 is 0 Å². The first-order chi connectivity index (χ1) is 14.4. The highest BCUT2D eigenvalue weighted by atomic mass is 32.2. The fraction of sp³-hybridized carbons (Fsp3) is 0.333. The van der Waals surface area contributed by atoms with Crippen LogP contribution in [0.25, 0.3) is 0 Å². The smallest absolute Gasteiger partial charge is 0.261 e. The minimum atomic E-state index is -3.91. The van der Waals surface area contributed by atoms with Crippen molar-refractivity contribution in [2.45, 2.75) is 30.6 Å². The molecular formula is C21H23N3O5S. The van der Waals surface area contributed by atoms with Crippen LogP contribution >= 0.6 is 0 Å². The Labute approximate surface area is 175 Å². The van der Waals surface area contributed by atoms with E-state index in [0.29, 0.717) is 48.7 Å². The number of ether oxygens (including phenoxy) is 1. The van der Waals surface area contributed by atoms with E-state index in [0.717, 1.165) is 12.8 Å². The number of amides is 2. The Morgan fingerprint density at radius 3 is 2.27 bits per heavy atom. The van der Waals surface area contributed by atoms with E-state index in [1.54, 1.807) is 40.1 Å². The second-order valence-electron chi connectivity index (χ2n) is 7.29. The van der Waals surface area contributed by atoms with Gasteiger partial charge in [-0.05, 0) is 49.2 Å². The van der Waals surface area contributed by atoms with Gasteiger partial charge in [0.05, 0.1) is 23.4 Å². The highest BCUT2D eigenvalue weighted by Gasteiger charge is 2.27. The lowest BCUT2D eigenvalue weighted by Crippen LogP contribution is -2.25. The third-order valence-corrected chi connectivity index (χ3v) is 6.69. The van der Waals surface area contributed by atoms with Crippen molar-refractivity contribution in [1.82, 2.24) is 0 Å². The van der Waals surface area contributed by atoms with Crippen LogP contribution in [0.15, 0.2) is 47.4 Å². The summed E-state index contributed by atoms with van der Waals surface area (Å²) in [6, 6.07) is 11.2. The van der Waals surface area contributed by atoms with Crippen molar-refractivity contribution in [3.8, 4) is 5.75 Å². The molecule has 0 atom stereocenters. The van der Waals surface area contributed by atoms with Crippen molar-refractivity contribution in [1.29, 1.82) is 0 Å². The zero-order valence-electron chi connectivity index (χ0n) is 16.6. The van der Waals surface area contributed by atoms with Gasteiger partial charge < -0.3 is 14.5 Å². The van der Waals surface area contributed by atoms with Crippen molar-refractivity contribution >= 4 is 38.9 Å². The number of carbonyl (C=O) groups is 2. The van der Waals surface area contributed by atoms with E-state index in [-0.39, 0.29) is 16.7 Å². The summed E-state index contributed by atoms with van der Waals surface area (Å²) in [5, 5.41) is 0. The van der Waals surface area contributed by atoms with E-state index in [9.17, 15) is 18.0 Å². The largest absolute Gasteiger partial charge is 0.495 e. The molecule has 2 aliphatic heterocycles. The molecule has 0 spiro atoms. The molecule has 2 heterocycles. The molecular weight excluding hydrogens is 406 g/mol. The number of hydrogen-bond acceptors (Lipinski definition) is 5. The zero-order chi connectivity index (χ0) is 21.3. The van der Waals surface area contributed by atoms with Crippen LogP contribution in [-0.2, 0) is 19.6 Å². The fourth-order valence-corrected chi connectivity index (χ4v) is 4.89. The van der Waals surface area contributed by atoms with E-state index in [1.165, 1.54) is 19.2 Å². The summed E-state index contributed by atoms with van der Waals surface area (Å²) in [6.45, 7) is 1.15. The van der Waals surface area contributed by atoms with Crippen LogP contribution in [-0.4, -0.2) is 40.4 Å². The Morgan fingerprint density at radius 1 is 0.933 bits per heavy atom. The Morgan fingerprint density at radius 2 is 1.63 bits per heavy atom. The monoisotopic (exact) mass is 429 g/mol. The molecule has 1 N–H and O–H groups in total. The molecule has 4 rings (SSSR count). The number of carbonyl (C=O) groups excluding carboxylic acids is 2. The first-order valence-corrected chi connectivity index (χ1v) is 11.3. The van der Waals surface area contributed by atoms with Crippen molar-refractivity contribution in [2.24, 2.45) is 0 Å². The van der Waals surface area contributed by atoms with Gasteiger partial charge in [0.25, 0.3) is 10.0 Å². The number of sulfonamides is 1. The number of nitrogens with zero attached hydrogens (tertiary/aromatic N) is 2. The van der Waals surface area contributed by atoms with Crippen LogP contribution in [0.5, 0.6) is 5.75 Å². The number of nitrogens with one attached hydrogen (secondary N) is 1. The summed E-state index contributed by atoms with van der Waals surface area (Å²) in [4.78, 5) is 27.4. The fourth-order valence-electron chi connectivity index (χ4n) is 3.82. The van der Waals surface area contributed by atoms with Crippen LogP contribution in [0.2, 0.25) is 0 Å². The van der Waals surface area contributed by atoms with Gasteiger partial charge >= 0.3 is 0 Å². The van der Waals surface area contributed by atoms with Crippen molar-refractivity contribution < 1.29 is 22.7 Å². The van der Waals surface area contributed by atoms with Gasteiger partial charge in [0.15, 0.2) is 0 Å². The standard InChI is InChI=1S/C21H23N3O5S/c1-29-19-10-9-17(14-18(19)24-12-4-8-21(24)26)30(27,28)22-15-5-2-6-16(13-15)23-11-3-7-20(23)25/h2,5-6,9-10,13-14,22H,3-4,7-8,11-12H2,1H3. The molecule has 0 bridgehead atoms. The van der Waals surface area contributed by atoms with Crippen LogP contribution in [0.3, 0.4) is 0 Å². The predicted octanol–water partition coefficient (Wildman–Crippen LogP) is 2.75. The molecule has 0 aromatic heterocycles. The van der Waals surface area contributed by atoms with Gasteiger partial charge in [0.1, 0.15) is 5.75 Å². The number of benzene rings is 2. The van der Waals surface area contributed by atoms with Gasteiger partial charge in [0.2, 0.25) is 11.8 Å². The Bertz CT molecular complexity index is 1100. The second-order valence-corrected chi connectivity index (χ2v) is 8.97. The molecule has 2 aromatic rings. The topological polar surface area (TPSA) is 96.0 Å². The summed E-state index contributed by atoms with van der Waals surface area (Å²) in [5.74, 6) is 0.419. The van der Waals surface area contributed by atoms with E-state index in [1.807, 2.05) is 0 Å². The maximum Gasteiger partial charge on any atom is 0.261 e. The summed E-state index contributed by atoms with van der Waals surface area (Å²) in [5.41, 5.74) is 1.47. The first-order valence-electron chi connectivity index (χ1n) is 9.81. The molecule has 2 aromatic carbocycles. The highest BCUT2D eigenvalue weighted by molar-refractivity contribution is 7.92. The first kappa shape index (κ1) is 20.2. The number of hydrogen-bond donors (Lipinski definition) is 1. The average molecular weight is 429 g/mol. The minimum Gasteiger partial charge on any atom is -0.495 e. The van der Waals surface area contributed by atoms with E-state index in [4.69, 9.17) is 4.74 Å². The predicted molar refractivity (Wildman–Crippen MR) is 113 cm³/mol. The molecule has 0 saturated carbocycles. The molecule has 2 saturated heterocycles. The SMILES string of the molecule is COc1ccc(S(=O)(=O)Nc2cccc(N3CCCC3=O)c2)cc1N1CCCC1=O. The zero-order valence-corrected chi connectivity index (χ0v) is 17.4. The highest BCUT2D eigenvalue weighted by Crippen LogP contribution is 2.34. The maximum atomic E-state index is 13.0. The Kier molecular flexibility index (Phi) is 5.38. The van der Waals surface area contributed by atoms with Crippen LogP contribution in [0, 0.1) is 0 Å². The summed E-state index contributed by atoms with van der Waals surface area (Å²) < 4.78 is 33.9.